The Bertz CT molecular complexity index is 898. The third kappa shape index (κ3) is 6.23. The second-order valence-electron chi connectivity index (χ2n) is 6.60. The Morgan fingerprint density at radius 2 is 1.37 bits per heavy atom. The topological polar surface area (TPSA) is 41.5 Å². The first-order valence-corrected chi connectivity index (χ1v) is 10.7. The standard InChI is InChI=1S/C25H27NO2.C2H6/c1-3-24(19-7-5-4-6-8-19)25(20-9-13-22(27)14-10-20)21-11-15-23(16-12-21)28-18-17-26-2;1-2/h4-16,26-27H,3,17-18H2,1-2H3;1-2H3/b25-24-;. The van der Waals surface area contributed by atoms with Gasteiger partial charge in [0.15, 0.2) is 0 Å². The summed E-state index contributed by atoms with van der Waals surface area (Å²) < 4.78 is 5.76. The Morgan fingerprint density at radius 1 is 0.800 bits per heavy atom. The molecule has 0 aliphatic heterocycles. The molecule has 0 atom stereocenters. The Hall–Kier alpha value is -3.04. The van der Waals surface area contributed by atoms with Crippen molar-refractivity contribution in [1.29, 1.82) is 0 Å². The maximum atomic E-state index is 9.72. The molecule has 0 saturated carbocycles. The SMILES string of the molecule is CC.CC/C(=C(\c1ccc(O)cc1)c1ccc(OCCNC)cc1)c1ccccc1. The van der Waals surface area contributed by atoms with Crippen LogP contribution in [0.5, 0.6) is 11.5 Å². The largest absolute Gasteiger partial charge is 0.508 e. The van der Waals surface area contributed by atoms with Crippen molar-refractivity contribution in [2.45, 2.75) is 27.2 Å². The average Bonchev–Trinajstić information content (AvgIpc) is 2.81. The first-order chi connectivity index (χ1) is 14.7. The molecule has 0 spiro atoms. The van der Waals surface area contributed by atoms with Crippen LogP contribution in [0.15, 0.2) is 78.9 Å². The minimum Gasteiger partial charge on any atom is -0.508 e. The predicted molar refractivity (Wildman–Crippen MR) is 128 cm³/mol. The number of likely N-dealkylation sites (N-methyl/N-ethyl adjacent to an activating group) is 1. The molecule has 0 aromatic heterocycles. The van der Waals surface area contributed by atoms with Gasteiger partial charge < -0.3 is 15.2 Å². The molecule has 3 heteroatoms. The van der Waals surface area contributed by atoms with Crippen molar-refractivity contribution in [3.05, 3.63) is 95.6 Å². The molecule has 0 aliphatic carbocycles. The monoisotopic (exact) mass is 403 g/mol. The lowest BCUT2D eigenvalue weighted by Crippen LogP contribution is -2.15. The van der Waals surface area contributed by atoms with Gasteiger partial charge in [0.2, 0.25) is 0 Å². The zero-order chi connectivity index (χ0) is 21.8. The van der Waals surface area contributed by atoms with Crippen LogP contribution in [-0.2, 0) is 0 Å². The zero-order valence-corrected chi connectivity index (χ0v) is 18.5. The molecule has 0 unspecified atom stereocenters. The third-order valence-electron chi connectivity index (χ3n) is 4.70. The Morgan fingerprint density at radius 3 is 1.90 bits per heavy atom. The molecule has 0 aliphatic rings. The Kier molecular flexibility index (Phi) is 9.69. The predicted octanol–water partition coefficient (Wildman–Crippen LogP) is 6.39. The number of hydrogen-bond acceptors (Lipinski definition) is 3. The minimum absolute atomic E-state index is 0.272. The maximum absolute atomic E-state index is 9.72. The lowest BCUT2D eigenvalue weighted by molar-refractivity contribution is 0.318. The van der Waals surface area contributed by atoms with Gasteiger partial charge in [-0.15, -0.1) is 0 Å². The summed E-state index contributed by atoms with van der Waals surface area (Å²) in [6, 6.07) is 26.1. The van der Waals surface area contributed by atoms with Gasteiger partial charge in [0.1, 0.15) is 18.1 Å². The van der Waals surface area contributed by atoms with E-state index < -0.39 is 0 Å². The van der Waals surface area contributed by atoms with E-state index in [9.17, 15) is 5.11 Å². The summed E-state index contributed by atoms with van der Waals surface area (Å²) in [6.07, 6.45) is 0.903. The summed E-state index contributed by atoms with van der Waals surface area (Å²) in [7, 11) is 1.91. The molecule has 0 fully saturated rings. The van der Waals surface area contributed by atoms with Crippen LogP contribution < -0.4 is 10.1 Å². The molecule has 0 saturated heterocycles. The zero-order valence-electron chi connectivity index (χ0n) is 18.5. The van der Waals surface area contributed by atoms with Gasteiger partial charge in [-0.2, -0.15) is 0 Å². The number of phenolic OH excluding ortho intramolecular Hbond substituents is 1. The first kappa shape index (κ1) is 23.2. The number of allylic oxidation sites excluding steroid dienone is 1. The van der Waals surface area contributed by atoms with Crippen LogP contribution in [0.4, 0.5) is 0 Å². The van der Waals surface area contributed by atoms with Gasteiger partial charge in [0.05, 0.1) is 0 Å². The summed E-state index contributed by atoms with van der Waals surface area (Å²) in [6.45, 7) is 7.63. The fraction of sp³-hybridized carbons (Fsp3) is 0.259. The quantitative estimate of drug-likeness (QED) is 0.338. The van der Waals surface area contributed by atoms with Crippen molar-refractivity contribution >= 4 is 11.1 Å². The second kappa shape index (κ2) is 12.5. The molecule has 3 nitrogen and oxygen atoms in total. The van der Waals surface area contributed by atoms with Crippen LogP contribution in [-0.4, -0.2) is 25.3 Å². The fourth-order valence-electron chi connectivity index (χ4n) is 3.30. The van der Waals surface area contributed by atoms with Gasteiger partial charge in [0.25, 0.3) is 0 Å². The number of phenols is 1. The van der Waals surface area contributed by atoms with E-state index >= 15 is 0 Å². The van der Waals surface area contributed by atoms with Gasteiger partial charge in [-0.25, -0.2) is 0 Å². The maximum Gasteiger partial charge on any atom is 0.119 e. The summed E-state index contributed by atoms with van der Waals surface area (Å²) in [5.74, 6) is 1.14. The molecular weight excluding hydrogens is 370 g/mol. The van der Waals surface area contributed by atoms with E-state index in [2.05, 4.69) is 48.6 Å². The van der Waals surface area contributed by atoms with Crippen molar-refractivity contribution in [2.75, 3.05) is 20.2 Å². The van der Waals surface area contributed by atoms with Crippen molar-refractivity contribution in [2.24, 2.45) is 0 Å². The molecule has 0 bridgehead atoms. The fourth-order valence-corrected chi connectivity index (χ4v) is 3.30. The van der Waals surface area contributed by atoms with Crippen LogP contribution >= 0.6 is 0 Å². The summed E-state index contributed by atoms with van der Waals surface area (Å²) in [5.41, 5.74) is 5.88. The van der Waals surface area contributed by atoms with E-state index in [1.807, 2.05) is 51.2 Å². The van der Waals surface area contributed by atoms with Gasteiger partial charge in [0, 0.05) is 6.54 Å². The smallest absolute Gasteiger partial charge is 0.119 e. The second-order valence-corrected chi connectivity index (χ2v) is 6.60. The van der Waals surface area contributed by atoms with E-state index in [1.165, 1.54) is 16.7 Å². The highest BCUT2D eigenvalue weighted by molar-refractivity contribution is 5.98. The highest BCUT2D eigenvalue weighted by Crippen LogP contribution is 2.35. The van der Waals surface area contributed by atoms with Crippen LogP contribution in [0.25, 0.3) is 11.1 Å². The molecule has 3 rings (SSSR count). The van der Waals surface area contributed by atoms with E-state index in [0.717, 1.165) is 29.8 Å². The molecule has 3 aromatic rings. The average molecular weight is 404 g/mol. The van der Waals surface area contributed by atoms with Crippen LogP contribution in [0.1, 0.15) is 43.9 Å². The normalized spacial score (nSPS) is 11.2. The Labute approximate surface area is 181 Å². The third-order valence-corrected chi connectivity index (χ3v) is 4.70. The summed E-state index contributed by atoms with van der Waals surface area (Å²) in [4.78, 5) is 0. The minimum atomic E-state index is 0.272. The summed E-state index contributed by atoms with van der Waals surface area (Å²) in [5, 5.41) is 12.8. The number of aromatic hydroxyl groups is 1. The van der Waals surface area contributed by atoms with Gasteiger partial charge in [-0.05, 0) is 65.6 Å². The lowest BCUT2D eigenvalue weighted by Gasteiger charge is -2.17. The number of benzene rings is 3. The molecule has 0 radical (unpaired) electrons. The molecule has 3 aromatic carbocycles. The highest BCUT2D eigenvalue weighted by Gasteiger charge is 2.13. The van der Waals surface area contributed by atoms with E-state index in [4.69, 9.17) is 4.74 Å². The summed E-state index contributed by atoms with van der Waals surface area (Å²) >= 11 is 0. The van der Waals surface area contributed by atoms with Crippen LogP contribution in [0.2, 0.25) is 0 Å². The number of rotatable bonds is 8. The number of nitrogens with one attached hydrogen (secondary N) is 1. The molecule has 30 heavy (non-hydrogen) atoms. The van der Waals surface area contributed by atoms with Crippen LogP contribution in [0, 0.1) is 0 Å². The van der Waals surface area contributed by atoms with E-state index in [-0.39, 0.29) is 5.75 Å². The Balaban J connectivity index is 0.00000155. The van der Waals surface area contributed by atoms with Crippen molar-refractivity contribution in [3.8, 4) is 11.5 Å². The number of hydrogen-bond donors (Lipinski definition) is 2. The lowest BCUT2D eigenvalue weighted by atomic mass is 9.88. The molecule has 0 heterocycles. The van der Waals surface area contributed by atoms with Crippen LogP contribution in [0.3, 0.4) is 0 Å². The van der Waals surface area contributed by atoms with Crippen molar-refractivity contribution in [3.63, 3.8) is 0 Å². The molecule has 0 amide bonds. The van der Waals surface area contributed by atoms with E-state index in [1.54, 1.807) is 12.1 Å². The molecule has 158 valence electrons. The van der Waals surface area contributed by atoms with Gasteiger partial charge in [-0.3, -0.25) is 0 Å². The van der Waals surface area contributed by atoms with Gasteiger partial charge >= 0.3 is 0 Å². The molecule has 2 N–H and O–H groups in total. The highest BCUT2D eigenvalue weighted by atomic mass is 16.5. The van der Waals surface area contributed by atoms with Crippen molar-refractivity contribution < 1.29 is 9.84 Å². The van der Waals surface area contributed by atoms with Gasteiger partial charge in [-0.1, -0.05) is 75.4 Å². The number of ether oxygens (including phenoxy) is 1. The van der Waals surface area contributed by atoms with Crippen molar-refractivity contribution in [1.82, 2.24) is 5.32 Å². The van der Waals surface area contributed by atoms with E-state index in [0.29, 0.717) is 6.61 Å². The first-order valence-electron chi connectivity index (χ1n) is 10.7. The molecular formula is C27H33NO2.